The third-order valence-corrected chi connectivity index (χ3v) is 7.21. The number of carbonyl (C=O) groups is 2. The zero-order chi connectivity index (χ0) is 22.8. The highest BCUT2D eigenvalue weighted by Gasteiger charge is 2.37. The maximum absolute atomic E-state index is 12.9. The third kappa shape index (κ3) is 5.24. The van der Waals surface area contributed by atoms with Crippen LogP contribution < -0.4 is 5.32 Å². The van der Waals surface area contributed by atoms with E-state index in [0.29, 0.717) is 23.9 Å². The number of amides is 3. The van der Waals surface area contributed by atoms with E-state index in [1.54, 1.807) is 0 Å². The van der Waals surface area contributed by atoms with Crippen molar-refractivity contribution in [3.63, 3.8) is 0 Å². The van der Waals surface area contributed by atoms with Crippen LogP contribution in [0.15, 0.2) is 54.7 Å². The van der Waals surface area contributed by atoms with Crippen molar-refractivity contribution in [1.82, 2.24) is 20.1 Å². The lowest BCUT2D eigenvalue weighted by atomic mass is 9.89. The van der Waals surface area contributed by atoms with Crippen LogP contribution in [0.2, 0.25) is 5.02 Å². The molecule has 0 saturated carbocycles. The van der Waals surface area contributed by atoms with Crippen LogP contribution in [0.25, 0.3) is 10.9 Å². The van der Waals surface area contributed by atoms with Crippen LogP contribution in [0.5, 0.6) is 0 Å². The molecule has 1 atom stereocenters. The maximum Gasteiger partial charge on any atom is 0.324 e. The Morgan fingerprint density at radius 2 is 1.76 bits per heavy atom. The highest BCUT2D eigenvalue weighted by Crippen LogP contribution is 2.28. The van der Waals surface area contributed by atoms with Gasteiger partial charge in [0.2, 0.25) is 0 Å². The lowest BCUT2D eigenvalue weighted by molar-refractivity contribution is -0.127. The Labute approximate surface area is 211 Å². The van der Waals surface area contributed by atoms with Gasteiger partial charge in [-0.25, -0.2) is 4.79 Å². The zero-order valence-electron chi connectivity index (χ0n) is 19.0. The summed E-state index contributed by atoms with van der Waals surface area (Å²) in [6, 6.07) is 15.6. The first kappa shape index (κ1) is 24.6. The summed E-state index contributed by atoms with van der Waals surface area (Å²) >= 11 is 6.14. The van der Waals surface area contributed by atoms with Crippen LogP contribution in [0, 0.1) is 0 Å². The molecule has 0 bridgehead atoms. The van der Waals surface area contributed by atoms with Gasteiger partial charge in [0.1, 0.15) is 6.04 Å². The zero-order valence-corrected chi connectivity index (χ0v) is 20.6. The number of imide groups is 1. The molecule has 34 heavy (non-hydrogen) atoms. The number of likely N-dealkylation sites (tertiary alicyclic amines) is 1. The lowest BCUT2D eigenvalue weighted by Crippen LogP contribution is -2.37. The quantitative estimate of drug-likeness (QED) is 0.449. The molecule has 3 aromatic rings. The van der Waals surface area contributed by atoms with Crippen molar-refractivity contribution in [2.75, 3.05) is 26.2 Å². The lowest BCUT2D eigenvalue weighted by Gasteiger charge is -2.32. The minimum absolute atomic E-state index is 0. The van der Waals surface area contributed by atoms with Gasteiger partial charge >= 0.3 is 6.03 Å². The standard InChI is InChI=1S/C26H29ClN4O2.ClH/c27-21-7-8-23-22(16-21)20(17-28-23)15-24-25(32)31(26(33)29-24)12-4-11-30-13-9-19(10-14-30)18-5-2-1-3-6-18;/h1-3,5-8,16-17,19,24,28H,4,9-15H2,(H,29,33);1H. The molecule has 0 aliphatic carbocycles. The monoisotopic (exact) mass is 500 g/mol. The van der Waals surface area contributed by atoms with E-state index in [4.69, 9.17) is 11.6 Å². The summed E-state index contributed by atoms with van der Waals surface area (Å²) in [4.78, 5) is 32.4. The molecule has 1 unspecified atom stereocenters. The summed E-state index contributed by atoms with van der Waals surface area (Å²) in [6.07, 6.45) is 5.45. The first-order chi connectivity index (χ1) is 16.1. The van der Waals surface area contributed by atoms with Gasteiger partial charge < -0.3 is 15.2 Å². The molecule has 2 aromatic carbocycles. The molecule has 1 aromatic heterocycles. The van der Waals surface area contributed by atoms with Gasteiger partial charge in [0.15, 0.2) is 0 Å². The number of carbonyl (C=O) groups excluding carboxylic acids is 2. The van der Waals surface area contributed by atoms with E-state index in [0.717, 1.165) is 55.4 Å². The van der Waals surface area contributed by atoms with E-state index in [2.05, 4.69) is 45.5 Å². The van der Waals surface area contributed by atoms with Crippen LogP contribution in [0.3, 0.4) is 0 Å². The van der Waals surface area contributed by atoms with Crippen molar-refractivity contribution in [2.45, 2.75) is 37.6 Å². The van der Waals surface area contributed by atoms with Crippen molar-refractivity contribution < 1.29 is 9.59 Å². The molecule has 6 nitrogen and oxygen atoms in total. The minimum atomic E-state index is -0.530. The average Bonchev–Trinajstić information content (AvgIpc) is 3.35. The van der Waals surface area contributed by atoms with Crippen LogP contribution in [0.4, 0.5) is 4.79 Å². The van der Waals surface area contributed by atoms with E-state index >= 15 is 0 Å². The number of aromatic nitrogens is 1. The number of aromatic amines is 1. The molecular formula is C26H30Cl2N4O2. The number of nitrogens with one attached hydrogen (secondary N) is 2. The fourth-order valence-electron chi connectivity index (χ4n) is 5.13. The summed E-state index contributed by atoms with van der Waals surface area (Å²) in [6.45, 7) is 3.49. The Balaban J connectivity index is 0.00000274. The fraction of sp³-hybridized carbons (Fsp3) is 0.385. The Hall–Kier alpha value is -2.54. The van der Waals surface area contributed by atoms with Crippen LogP contribution >= 0.6 is 24.0 Å². The second-order valence-electron chi connectivity index (χ2n) is 9.08. The first-order valence-electron chi connectivity index (χ1n) is 11.7. The molecule has 3 amide bonds. The molecular weight excluding hydrogens is 471 g/mol. The minimum Gasteiger partial charge on any atom is -0.361 e. The highest BCUT2D eigenvalue weighted by molar-refractivity contribution is 6.31. The number of H-pyrrole nitrogens is 1. The number of hydrogen-bond acceptors (Lipinski definition) is 3. The van der Waals surface area contributed by atoms with Gasteiger partial charge in [-0.1, -0.05) is 41.9 Å². The van der Waals surface area contributed by atoms with Crippen molar-refractivity contribution in [3.05, 3.63) is 70.9 Å². The molecule has 3 heterocycles. The number of halogens is 2. The number of rotatable bonds is 7. The Bertz CT molecular complexity index is 1140. The van der Waals surface area contributed by atoms with Gasteiger partial charge in [0.05, 0.1) is 0 Å². The van der Waals surface area contributed by atoms with E-state index in [1.807, 2.05) is 24.4 Å². The Kier molecular flexibility index (Phi) is 7.81. The van der Waals surface area contributed by atoms with Crippen LogP contribution in [-0.4, -0.2) is 58.9 Å². The number of fused-ring (bicyclic) bond motifs is 1. The van der Waals surface area contributed by atoms with Crippen molar-refractivity contribution in [2.24, 2.45) is 0 Å². The second kappa shape index (κ2) is 10.8. The topological polar surface area (TPSA) is 68.4 Å². The first-order valence-corrected chi connectivity index (χ1v) is 12.1. The molecule has 2 aliphatic heterocycles. The highest BCUT2D eigenvalue weighted by atomic mass is 35.5. The number of hydrogen-bond donors (Lipinski definition) is 2. The van der Waals surface area contributed by atoms with Crippen LogP contribution in [-0.2, 0) is 11.2 Å². The molecule has 0 spiro atoms. The number of piperidine rings is 1. The van der Waals surface area contributed by atoms with Crippen molar-refractivity contribution >= 4 is 46.8 Å². The molecule has 5 rings (SSSR count). The summed E-state index contributed by atoms with van der Waals surface area (Å²) in [5.41, 5.74) is 3.38. The van der Waals surface area contributed by atoms with Crippen LogP contribution in [0.1, 0.15) is 36.3 Å². The predicted octanol–water partition coefficient (Wildman–Crippen LogP) is 4.98. The maximum atomic E-state index is 12.9. The SMILES string of the molecule is Cl.O=C1NC(Cc2c[nH]c3ccc(Cl)cc23)C(=O)N1CCCN1CCC(c2ccccc2)CC1. The van der Waals surface area contributed by atoms with Gasteiger partial charge in [-0.05, 0) is 74.1 Å². The third-order valence-electron chi connectivity index (χ3n) is 6.98. The largest absolute Gasteiger partial charge is 0.361 e. The smallest absolute Gasteiger partial charge is 0.324 e. The van der Waals surface area contributed by atoms with Gasteiger partial charge in [-0.3, -0.25) is 9.69 Å². The Morgan fingerprint density at radius 3 is 2.53 bits per heavy atom. The van der Waals surface area contributed by atoms with E-state index in [-0.39, 0.29) is 24.3 Å². The normalized spacial score (nSPS) is 19.4. The molecule has 2 fully saturated rings. The fourth-order valence-corrected chi connectivity index (χ4v) is 5.31. The number of benzene rings is 2. The van der Waals surface area contributed by atoms with Crippen molar-refractivity contribution in [3.8, 4) is 0 Å². The van der Waals surface area contributed by atoms with E-state index in [9.17, 15) is 9.59 Å². The van der Waals surface area contributed by atoms with Gasteiger partial charge in [-0.15, -0.1) is 12.4 Å². The summed E-state index contributed by atoms with van der Waals surface area (Å²) < 4.78 is 0. The van der Waals surface area contributed by atoms with Gasteiger partial charge in [0.25, 0.3) is 5.91 Å². The van der Waals surface area contributed by atoms with Gasteiger partial charge in [0, 0.05) is 35.1 Å². The van der Waals surface area contributed by atoms with E-state index in [1.165, 1.54) is 10.5 Å². The molecule has 180 valence electrons. The summed E-state index contributed by atoms with van der Waals surface area (Å²) in [5.74, 6) is 0.493. The van der Waals surface area contributed by atoms with Gasteiger partial charge in [-0.2, -0.15) is 0 Å². The van der Waals surface area contributed by atoms with E-state index < -0.39 is 6.04 Å². The molecule has 2 aliphatic rings. The predicted molar refractivity (Wildman–Crippen MR) is 138 cm³/mol. The Morgan fingerprint density at radius 1 is 1.00 bits per heavy atom. The number of urea groups is 1. The number of nitrogens with zero attached hydrogens (tertiary/aromatic N) is 2. The molecule has 2 N–H and O–H groups in total. The summed E-state index contributed by atoms with van der Waals surface area (Å²) in [7, 11) is 0. The second-order valence-corrected chi connectivity index (χ2v) is 9.52. The molecule has 2 saturated heterocycles. The molecule has 0 radical (unpaired) electrons. The van der Waals surface area contributed by atoms with Crippen molar-refractivity contribution in [1.29, 1.82) is 0 Å². The summed E-state index contributed by atoms with van der Waals surface area (Å²) in [5, 5.41) is 4.50. The molecule has 8 heteroatoms. The average molecular weight is 501 g/mol.